The number of carbonyl (C=O) groups excluding carboxylic acids is 1. The number of thiocarbonyl (C=S) groups is 1. The Morgan fingerprint density at radius 2 is 1.25 bits per heavy atom. The lowest BCUT2D eigenvalue weighted by atomic mass is 10.2. The molecule has 2 aromatic rings. The topological polar surface area (TPSA) is 41.1 Å². The molecule has 2 N–H and O–H groups in total. The first-order chi connectivity index (χ1) is 9.75. The van der Waals surface area contributed by atoms with Gasteiger partial charge in [0.15, 0.2) is 4.99 Å². The third kappa shape index (κ3) is 4.48. The molecule has 4 heteroatoms. The fourth-order valence-corrected chi connectivity index (χ4v) is 1.86. The van der Waals surface area contributed by atoms with Crippen molar-refractivity contribution < 1.29 is 4.79 Å². The Labute approximate surface area is 124 Å². The van der Waals surface area contributed by atoms with Crippen LogP contribution in [0.4, 0.5) is 0 Å². The van der Waals surface area contributed by atoms with E-state index in [2.05, 4.69) is 10.6 Å². The van der Waals surface area contributed by atoms with E-state index in [0.29, 0.717) is 13.1 Å². The van der Waals surface area contributed by atoms with Gasteiger partial charge in [0.05, 0.1) is 0 Å². The minimum absolute atomic E-state index is 0.213. The van der Waals surface area contributed by atoms with Gasteiger partial charge in [-0.15, -0.1) is 0 Å². The second-order valence-electron chi connectivity index (χ2n) is 4.34. The quantitative estimate of drug-likeness (QED) is 0.847. The number of nitrogens with one attached hydrogen (secondary N) is 2. The van der Waals surface area contributed by atoms with Crippen LogP contribution in [0.3, 0.4) is 0 Å². The minimum Gasteiger partial charge on any atom is -0.368 e. The minimum atomic E-state index is -0.250. The summed E-state index contributed by atoms with van der Waals surface area (Å²) in [5, 5.41) is 5.75. The first kappa shape index (κ1) is 14.2. The van der Waals surface area contributed by atoms with E-state index in [4.69, 9.17) is 12.2 Å². The van der Waals surface area contributed by atoms with Gasteiger partial charge in [0.2, 0.25) is 0 Å². The zero-order valence-electron chi connectivity index (χ0n) is 11.0. The first-order valence-electron chi connectivity index (χ1n) is 6.39. The second-order valence-corrected chi connectivity index (χ2v) is 4.74. The smallest absolute Gasteiger partial charge is 0.278 e. The predicted octanol–water partition coefficient (Wildman–Crippen LogP) is 2.42. The Morgan fingerprint density at radius 3 is 1.75 bits per heavy atom. The standard InChI is InChI=1S/C16H16N2OS/c19-15(17-11-13-7-3-1-4-8-13)16(20)18-12-14-9-5-2-6-10-14/h1-10H,11-12H2,(H,17,19)(H,18,20). The largest absolute Gasteiger partial charge is 0.368 e. The first-order valence-corrected chi connectivity index (χ1v) is 6.80. The van der Waals surface area contributed by atoms with Crippen molar-refractivity contribution in [3.05, 3.63) is 71.8 Å². The predicted molar refractivity (Wildman–Crippen MR) is 84.2 cm³/mol. The SMILES string of the molecule is O=C(NCc1ccccc1)C(=S)NCc1ccccc1. The van der Waals surface area contributed by atoms with Crippen LogP contribution in [0, 0.1) is 0 Å². The Hall–Kier alpha value is -2.20. The van der Waals surface area contributed by atoms with Crippen LogP contribution in [0.2, 0.25) is 0 Å². The number of hydrogen-bond acceptors (Lipinski definition) is 2. The highest BCUT2D eigenvalue weighted by atomic mass is 32.1. The molecule has 0 heterocycles. The number of amides is 1. The average molecular weight is 284 g/mol. The molecule has 0 atom stereocenters. The summed E-state index contributed by atoms with van der Waals surface area (Å²) < 4.78 is 0. The highest BCUT2D eigenvalue weighted by molar-refractivity contribution is 7.82. The fourth-order valence-electron chi connectivity index (χ4n) is 1.72. The van der Waals surface area contributed by atoms with Gasteiger partial charge in [0.25, 0.3) is 5.91 Å². The van der Waals surface area contributed by atoms with E-state index in [1.54, 1.807) is 0 Å². The van der Waals surface area contributed by atoms with E-state index >= 15 is 0 Å². The van der Waals surface area contributed by atoms with E-state index < -0.39 is 0 Å². The van der Waals surface area contributed by atoms with Gasteiger partial charge < -0.3 is 10.6 Å². The van der Waals surface area contributed by atoms with Crippen molar-refractivity contribution in [2.45, 2.75) is 13.1 Å². The highest BCUT2D eigenvalue weighted by Gasteiger charge is 2.07. The highest BCUT2D eigenvalue weighted by Crippen LogP contribution is 1.98. The summed E-state index contributed by atoms with van der Waals surface area (Å²) in [5.74, 6) is -0.250. The van der Waals surface area contributed by atoms with E-state index in [1.807, 2.05) is 60.7 Å². The van der Waals surface area contributed by atoms with Gasteiger partial charge in [0.1, 0.15) is 0 Å². The van der Waals surface area contributed by atoms with Crippen LogP contribution in [-0.2, 0) is 17.9 Å². The third-order valence-electron chi connectivity index (χ3n) is 2.80. The molecule has 0 unspecified atom stereocenters. The summed E-state index contributed by atoms with van der Waals surface area (Å²) in [4.78, 5) is 12.0. The zero-order valence-corrected chi connectivity index (χ0v) is 11.8. The molecule has 0 saturated heterocycles. The van der Waals surface area contributed by atoms with Crippen molar-refractivity contribution in [3.8, 4) is 0 Å². The van der Waals surface area contributed by atoms with Crippen molar-refractivity contribution in [1.29, 1.82) is 0 Å². The van der Waals surface area contributed by atoms with Gasteiger partial charge in [-0.1, -0.05) is 72.9 Å². The summed E-state index contributed by atoms with van der Waals surface area (Å²) in [6.07, 6.45) is 0. The molecule has 102 valence electrons. The summed E-state index contributed by atoms with van der Waals surface area (Å²) in [7, 11) is 0. The van der Waals surface area contributed by atoms with Crippen LogP contribution >= 0.6 is 12.2 Å². The number of carbonyl (C=O) groups is 1. The Balaban J connectivity index is 1.76. The molecule has 0 spiro atoms. The molecular weight excluding hydrogens is 268 g/mol. The lowest BCUT2D eigenvalue weighted by molar-refractivity contribution is -0.115. The monoisotopic (exact) mass is 284 g/mol. The molecule has 2 aromatic carbocycles. The van der Waals surface area contributed by atoms with Crippen molar-refractivity contribution in [3.63, 3.8) is 0 Å². The Bertz CT molecular complexity index is 516. The molecule has 2 rings (SSSR count). The molecule has 1 amide bonds. The molecule has 0 aliphatic rings. The maximum Gasteiger partial charge on any atom is 0.278 e. The normalized spacial score (nSPS) is 9.80. The maximum absolute atomic E-state index is 11.8. The Kier molecular flexibility index (Phi) is 5.26. The summed E-state index contributed by atoms with van der Waals surface area (Å²) in [6, 6.07) is 19.6. The van der Waals surface area contributed by atoms with E-state index in [1.165, 1.54) is 0 Å². The van der Waals surface area contributed by atoms with Crippen molar-refractivity contribution >= 4 is 23.1 Å². The molecule has 0 aromatic heterocycles. The molecule has 20 heavy (non-hydrogen) atoms. The second kappa shape index (κ2) is 7.40. The van der Waals surface area contributed by atoms with Gasteiger partial charge in [-0.05, 0) is 11.1 Å². The maximum atomic E-state index is 11.8. The van der Waals surface area contributed by atoms with Gasteiger partial charge >= 0.3 is 0 Å². The van der Waals surface area contributed by atoms with Crippen LogP contribution < -0.4 is 10.6 Å². The van der Waals surface area contributed by atoms with Crippen molar-refractivity contribution in [2.24, 2.45) is 0 Å². The van der Waals surface area contributed by atoms with Crippen LogP contribution in [0.15, 0.2) is 60.7 Å². The molecule has 0 bridgehead atoms. The van der Waals surface area contributed by atoms with Crippen LogP contribution in [0.5, 0.6) is 0 Å². The summed E-state index contributed by atoms with van der Waals surface area (Å²) >= 11 is 5.07. The van der Waals surface area contributed by atoms with Gasteiger partial charge in [-0.3, -0.25) is 4.79 Å². The lowest BCUT2D eigenvalue weighted by Crippen LogP contribution is -2.37. The van der Waals surface area contributed by atoms with E-state index in [-0.39, 0.29) is 10.9 Å². The summed E-state index contributed by atoms with van der Waals surface area (Å²) in [5.41, 5.74) is 2.14. The van der Waals surface area contributed by atoms with Crippen molar-refractivity contribution in [2.75, 3.05) is 0 Å². The number of hydrogen-bond donors (Lipinski definition) is 2. The summed E-state index contributed by atoms with van der Waals surface area (Å²) in [6.45, 7) is 1.03. The fraction of sp³-hybridized carbons (Fsp3) is 0.125. The molecule has 3 nitrogen and oxygen atoms in total. The van der Waals surface area contributed by atoms with Crippen LogP contribution in [0.25, 0.3) is 0 Å². The molecule has 0 fully saturated rings. The lowest BCUT2D eigenvalue weighted by Gasteiger charge is -2.09. The van der Waals surface area contributed by atoms with Gasteiger partial charge in [-0.2, -0.15) is 0 Å². The van der Waals surface area contributed by atoms with Crippen molar-refractivity contribution in [1.82, 2.24) is 10.6 Å². The molecule has 0 saturated carbocycles. The van der Waals surface area contributed by atoms with Crippen LogP contribution in [-0.4, -0.2) is 10.9 Å². The zero-order chi connectivity index (χ0) is 14.2. The third-order valence-corrected chi connectivity index (χ3v) is 3.13. The Morgan fingerprint density at radius 1 is 0.800 bits per heavy atom. The number of benzene rings is 2. The average Bonchev–Trinajstić information content (AvgIpc) is 2.52. The molecule has 0 radical (unpaired) electrons. The van der Waals surface area contributed by atoms with Gasteiger partial charge in [-0.25, -0.2) is 0 Å². The van der Waals surface area contributed by atoms with Crippen LogP contribution in [0.1, 0.15) is 11.1 Å². The van der Waals surface area contributed by atoms with E-state index in [9.17, 15) is 4.79 Å². The van der Waals surface area contributed by atoms with E-state index in [0.717, 1.165) is 11.1 Å². The molecule has 0 aliphatic heterocycles. The number of rotatable bonds is 4. The van der Waals surface area contributed by atoms with Gasteiger partial charge in [0, 0.05) is 13.1 Å². The molecule has 0 aliphatic carbocycles. The molecular formula is C16H16N2OS.